The summed E-state index contributed by atoms with van der Waals surface area (Å²) >= 11 is 0. The second-order valence-electron chi connectivity index (χ2n) is 9.03. The molecule has 0 amide bonds. The minimum atomic E-state index is 1.15. The molecular formula is C34H23N. The van der Waals surface area contributed by atoms with Gasteiger partial charge >= 0.3 is 0 Å². The number of hydrogen-bond donors (Lipinski definition) is 0. The van der Waals surface area contributed by atoms with E-state index in [1.165, 1.54) is 48.8 Å². The van der Waals surface area contributed by atoms with Gasteiger partial charge in [0.15, 0.2) is 0 Å². The van der Waals surface area contributed by atoms with Gasteiger partial charge in [-0.1, -0.05) is 109 Å². The Bertz CT molecular complexity index is 1850. The fourth-order valence-electron chi connectivity index (χ4n) is 5.36. The van der Waals surface area contributed by atoms with Crippen LogP contribution < -0.4 is 4.90 Å². The molecule has 0 unspecified atom stereocenters. The van der Waals surface area contributed by atoms with Gasteiger partial charge < -0.3 is 4.90 Å². The molecule has 0 atom stereocenters. The summed E-state index contributed by atoms with van der Waals surface area (Å²) in [7, 11) is 0. The zero-order chi connectivity index (χ0) is 23.2. The van der Waals surface area contributed by atoms with Gasteiger partial charge in [-0.05, 0) is 68.0 Å². The average molecular weight is 446 g/mol. The Balaban J connectivity index is 1.58. The van der Waals surface area contributed by atoms with Crippen LogP contribution >= 0.6 is 0 Å². The molecule has 0 N–H and O–H groups in total. The highest BCUT2D eigenvalue weighted by Gasteiger charge is 2.18. The first-order chi connectivity index (χ1) is 17.4. The second kappa shape index (κ2) is 8.00. The van der Waals surface area contributed by atoms with Gasteiger partial charge in [0.05, 0.1) is 5.69 Å². The Kier molecular flexibility index (Phi) is 4.53. The number of nitrogens with zero attached hydrogens (tertiary/aromatic N) is 1. The molecule has 1 heteroatoms. The van der Waals surface area contributed by atoms with Crippen molar-refractivity contribution in [1.29, 1.82) is 0 Å². The topological polar surface area (TPSA) is 3.24 Å². The summed E-state index contributed by atoms with van der Waals surface area (Å²) in [6.45, 7) is 0. The van der Waals surface area contributed by atoms with E-state index in [0.29, 0.717) is 0 Å². The number of benzene rings is 7. The summed E-state index contributed by atoms with van der Waals surface area (Å²) in [5, 5.41) is 10.1. The van der Waals surface area contributed by atoms with E-state index in [2.05, 4.69) is 144 Å². The van der Waals surface area contributed by atoms with Gasteiger partial charge in [-0.25, -0.2) is 0 Å². The van der Waals surface area contributed by atoms with Gasteiger partial charge in [-0.2, -0.15) is 0 Å². The van der Waals surface area contributed by atoms with E-state index in [9.17, 15) is 0 Å². The molecule has 0 bridgehead atoms. The molecule has 7 rings (SSSR count). The Hall–Kier alpha value is -4.62. The van der Waals surface area contributed by atoms with Crippen molar-refractivity contribution >= 4 is 60.2 Å². The third kappa shape index (κ3) is 3.25. The Morgan fingerprint density at radius 3 is 1.77 bits per heavy atom. The molecule has 7 aromatic carbocycles. The monoisotopic (exact) mass is 445 g/mol. The van der Waals surface area contributed by atoms with Gasteiger partial charge in [0.1, 0.15) is 0 Å². The van der Waals surface area contributed by atoms with Crippen molar-refractivity contribution < 1.29 is 0 Å². The van der Waals surface area contributed by atoms with Crippen molar-refractivity contribution in [2.75, 3.05) is 4.90 Å². The lowest BCUT2D eigenvalue weighted by molar-refractivity contribution is 1.31. The van der Waals surface area contributed by atoms with Gasteiger partial charge in [0, 0.05) is 16.8 Å². The van der Waals surface area contributed by atoms with Gasteiger partial charge in [0.2, 0.25) is 0 Å². The summed E-state index contributed by atoms with van der Waals surface area (Å²) < 4.78 is 0. The molecule has 1 nitrogen and oxygen atoms in total. The van der Waals surface area contributed by atoms with Crippen molar-refractivity contribution in [1.82, 2.24) is 0 Å². The van der Waals surface area contributed by atoms with Crippen LogP contribution in [0.4, 0.5) is 17.1 Å². The van der Waals surface area contributed by atoms with Crippen molar-refractivity contribution in [3.63, 3.8) is 0 Å². The normalized spacial score (nSPS) is 11.4. The SMILES string of the molecule is c1ccc(N(c2ccc3ccccc3c2)c2cc3ccc4ccccc4c3c3ccccc23)cc1. The van der Waals surface area contributed by atoms with Crippen LogP contribution in [0, 0.1) is 0 Å². The quantitative estimate of drug-likeness (QED) is 0.245. The maximum absolute atomic E-state index is 2.39. The largest absolute Gasteiger partial charge is 0.310 e. The minimum absolute atomic E-state index is 1.15. The van der Waals surface area contributed by atoms with Crippen LogP contribution in [-0.2, 0) is 0 Å². The lowest BCUT2D eigenvalue weighted by Gasteiger charge is -2.28. The van der Waals surface area contributed by atoms with E-state index in [1.54, 1.807) is 0 Å². The van der Waals surface area contributed by atoms with Gasteiger partial charge in [0.25, 0.3) is 0 Å². The van der Waals surface area contributed by atoms with Gasteiger partial charge in [-0.3, -0.25) is 0 Å². The van der Waals surface area contributed by atoms with E-state index in [1.807, 2.05) is 0 Å². The van der Waals surface area contributed by atoms with Crippen molar-refractivity contribution in [2.24, 2.45) is 0 Å². The van der Waals surface area contributed by atoms with Crippen LogP contribution in [0.1, 0.15) is 0 Å². The maximum atomic E-state index is 2.39. The molecule has 0 heterocycles. The molecule has 0 aliphatic carbocycles. The standard InChI is InChI=1S/C34H23N/c1-2-13-28(14-3-1)35(29-21-20-24-10-4-5-12-26(24)22-29)33-23-27-19-18-25-11-6-7-15-30(25)34(27)32-17-9-8-16-31(32)33/h1-23H. The van der Waals surface area contributed by atoms with E-state index < -0.39 is 0 Å². The van der Waals surface area contributed by atoms with Gasteiger partial charge in [-0.15, -0.1) is 0 Å². The molecule has 164 valence electrons. The fourth-order valence-corrected chi connectivity index (χ4v) is 5.36. The fraction of sp³-hybridized carbons (Fsp3) is 0. The molecule has 0 aliphatic rings. The summed E-state index contributed by atoms with van der Waals surface area (Å²) in [5.41, 5.74) is 3.48. The molecule has 0 fully saturated rings. The van der Waals surface area contributed by atoms with E-state index in [4.69, 9.17) is 0 Å². The highest BCUT2D eigenvalue weighted by Crippen LogP contribution is 2.43. The summed E-state index contributed by atoms with van der Waals surface area (Å²) in [4.78, 5) is 2.39. The van der Waals surface area contributed by atoms with Crippen LogP contribution in [0.5, 0.6) is 0 Å². The van der Waals surface area contributed by atoms with Crippen molar-refractivity contribution in [3.05, 3.63) is 140 Å². The van der Waals surface area contributed by atoms with Crippen LogP contribution in [0.2, 0.25) is 0 Å². The van der Waals surface area contributed by atoms with E-state index in [-0.39, 0.29) is 0 Å². The molecule has 0 saturated heterocycles. The van der Waals surface area contributed by atoms with Crippen molar-refractivity contribution in [3.8, 4) is 0 Å². The summed E-state index contributed by atoms with van der Waals surface area (Å²) in [5.74, 6) is 0. The zero-order valence-corrected chi connectivity index (χ0v) is 19.2. The summed E-state index contributed by atoms with van der Waals surface area (Å²) in [6.07, 6.45) is 0. The molecule has 7 aromatic rings. The third-order valence-electron chi connectivity index (χ3n) is 6.97. The zero-order valence-electron chi connectivity index (χ0n) is 19.2. The predicted octanol–water partition coefficient (Wildman–Crippen LogP) is 9.77. The number of para-hydroxylation sites is 1. The van der Waals surface area contributed by atoms with Crippen LogP contribution in [0.15, 0.2) is 140 Å². The maximum Gasteiger partial charge on any atom is 0.0546 e. The van der Waals surface area contributed by atoms with E-state index >= 15 is 0 Å². The van der Waals surface area contributed by atoms with Crippen LogP contribution in [0.25, 0.3) is 43.1 Å². The molecule has 0 radical (unpaired) electrons. The smallest absolute Gasteiger partial charge is 0.0546 e. The first kappa shape index (κ1) is 19.8. The summed E-state index contributed by atoms with van der Waals surface area (Å²) in [6, 6.07) is 50.3. The highest BCUT2D eigenvalue weighted by atomic mass is 15.1. The average Bonchev–Trinajstić information content (AvgIpc) is 2.93. The van der Waals surface area contributed by atoms with E-state index in [0.717, 1.165) is 11.4 Å². The Labute approximate surface area is 204 Å². The first-order valence-corrected chi connectivity index (χ1v) is 12.0. The number of rotatable bonds is 3. The first-order valence-electron chi connectivity index (χ1n) is 12.0. The molecule has 0 aliphatic heterocycles. The highest BCUT2D eigenvalue weighted by molar-refractivity contribution is 6.23. The Morgan fingerprint density at radius 2 is 0.943 bits per heavy atom. The predicted molar refractivity (Wildman–Crippen MR) is 151 cm³/mol. The number of fused-ring (bicyclic) bond motifs is 6. The number of anilines is 3. The molecule has 0 aromatic heterocycles. The van der Waals surface area contributed by atoms with Crippen LogP contribution in [-0.4, -0.2) is 0 Å². The Morgan fingerprint density at radius 1 is 0.343 bits per heavy atom. The molecule has 0 spiro atoms. The molecule has 35 heavy (non-hydrogen) atoms. The third-order valence-corrected chi connectivity index (χ3v) is 6.97. The van der Waals surface area contributed by atoms with Crippen molar-refractivity contribution in [2.45, 2.75) is 0 Å². The molecule has 0 saturated carbocycles. The lowest BCUT2D eigenvalue weighted by Crippen LogP contribution is -2.10. The van der Waals surface area contributed by atoms with Crippen LogP contribution in [0.3, 0.4) is 0 Å². The second-order valence-corrected chi connectivity index (χ2v) is 9.03. The minimum Gasteiger partial charge on any atom is -0.310 e. The lowest BCUT2D eigenvalue weighted by atomic mass is 9.94. The molecular weight excluding hydrogens is 422 g/mol. The number of hydrogen-bond acceptors (Lipinski definition) is 1.